The second-order valence-electron chi connectivity index (χ2n) is 5.37. The van der Waals surface area contributed by atoms with Crippen LogP contribution >= 0.6 is 0 Å². The van der Waals surface area contributed by atoms with Crippen LogP contribution < -0.4 is 11.1 Å². The van der Waals surface area contributed by atoms with Crippen LogP contribution in [0.1, 0.15) is 10.5 Å². The Morgan fingerprint density at radius 3 is 2.85 bits per heavy atom. The normalized spacial score (nSPS) is 10.8. The number of aromatic nitrogens is 5. The first-order chi connectivity index (χ1) is 12.6. The van der Waals surface area contributed by atoms with Gasteiger partial charge in [0, 0.05) is 12.4 Å². The van der Waals surface area contributed by atoms with E-state index in [-0.39, 0.29) is 17.2 Å². The fourth-order valence-corrected chi connectivity index (χ4v) is 2.44. The monoisotopic (exact) mass is 349 g/mol. The van der Waals surface area contributed by atoms with Crippen LogP contribution in [0.4, 0.5) is 15.9 Å². The van der Waals surface area contributed by atoms with Crippen molar-refractivity contribution < 1.29 is 9.18 Å². The second kappa shape index (κ2) is 6.20. The molecule has 0 bridgehead atoms. The number of carbonyl (C=O) groups is 1. The molecule has 4 aromatic rings. The molecular weight excluding hydrogens is 337 g/mol. The molecule has 0 aliphatic heterocycles. The zero-order valence-electron chi connectivity index (χ0n) is 13.3. The largest absolute Gasteiger partial charge is 0.364 e. The van der Waals surface area contributed by atoms with Gasteiger partial charge in [0.05, 0.1) is 11.9 Å². The van der Waals surface area contributed by atoms with Crippen LogP contribution in [-0.2, 0) is 0 Å². The average molecular weight is 349 g/mol. The summed E-state index contributed by atoms with van der Waals surface area (Å²) in [6, 6.07) is 9.89. The van der Waals surface area contributed by atoms with E-state index >= 15 is 0 Å². The number of rotatable bonds is 4. The first-order valence-corrected chi connectivity index (χ1v) is 7.61. The minimum Gasteiger partial charge on any atom is -0.364 e. The van der Waals surface area contributed by atoms with Crippen molar-refractivity contribution in [1.29, 1.82) is 0 Å². The molecule has 0 saturated heterocycles. The number of hydrogen-bond acceptors (Lipinski definition) is 6. The van der Waals surface area contributed by atoms with E-state index in [1.807, 2.05) is 0 Å². The molecule has 0 radical (unpaired) electrons. The van der Waals surface area contributed by atoms with E-state index in [9.17, 15) is 9.18 Å². The number of nitrogens with zero attached hydrogens (tertiary/aromatic N) is 5. The standard InChI is InChI=1S/C17H12FN7O/c18-10-9-20-7-6-11(10)22-17-14-5-2-8-25(14)24-16(23-17)13-4-1-3-12(21-13)15(19)26/h1-9H,(H2,19,26)(H,20,22,23,24). The SMILES string of the molecule is NC(=O)c1cccc(-c2nc(Nc3ccncc3F)c3cccn3n2)n1. The van der Waals surface area contributed by atoms with Gasteiger partial charge in [-0.1, -0.05) is 6.07 Å². The molecule has 4 aromatic heterocycles. The highest BCUT2D eigenvalue weighted by molar-refractivity contribution is 5.91. The van der Waals surface area contributed by atoms with Crippen molar-refractivity contribution in [3.05, 3.63) is 66.5 Å². The van der Waals surface area contributed by atoms with Crippen LogP contribution in [0.15, 0.2) is 55.0 Å². The van der Waals surface area contributed by atoms with Gasteiger partial charge in [0.1, 0.15) is 16.9 Å². The van der Waals surface area contributed by atoms with Crippen LogP contribution in [0.5, 0.6) is 0 Å². The Morgan fingerprint density at radius 2 is 2.04 bits per heavy atom. The lowest BCUT2D eigenvalue weighted by molar-refractivity contribution is 0.0995. The lowest BCUT2D eigenvalue weighted by Crippen LogP contribution is -2.13. The number of hydrogen-bond donors (Lipinski definition) is 2. The summed E-state index contributed by atoms with van der Waals surface area (Å²) < 4.78 is 15.5. The van der Waals surface area contributed by atoms with Crippen molar-refractivity contribution >= 4 is 22.9 Å². The van der Waals surface area contributed by atoms with E-state index in [0.29, 0.717) is 17.0 Å². The first kappa shape index (κ1) is 15.6. The van der Waals surface area contributed by atoms with Crippen molar-refractivity contribution in [3.63, 3.8) is 0 Å². The van der Waals surface area contributed by atoms with Crippen molar-refractivity contribution in [2.24, 2.45) is 5.73 Å². The zero-order chi connectivity index (χ0) is 18.1. The Morgan fingerprint density at radius 1 is 1.15 bits per heavy atom. The highest BCUT2D eigenvalue weighted by Gasteiger charge is 2.13. The quantitative estimate of drug-likeness (QED) is 0.584. The van der Waals surface area contributed by atoms with Crippen LogP contribution in [0.2, 0.25) is 0 Å². The maximum absolute atomic E-state index is 13.9. The summed E-state index contributed by atoms with van der Waals surface area (Å²) in [5.41, 5.74) is 6.63. The molecule has 0 unspecified atom stereocenters. The number of fused-ring (bicyclic) bond motifs is 1. The van der Waals surface area contributed by atoms with Gasteiger partial charge in [-0.2, -0.15) is 0 Å². The summed E-state index contributed by atoms with van der Waals surface area (Å²) in [7, 11) is 0. The van der Waals surface area contributed by atoms with E-state index in [1.54, 1.807) is 35.0 Å². The van der Waals surface area contributed by atoms with Gasteiger partial charge in [-0.3, -0.25) is 9.78 Å². The van der Waals surface area contributed by atoms with Gasteiger partial charge in [0.25, 0.3) is 5.91 Å². The van der Waals surface area contributed by atoms with Crippen molar-refractivity contribution in [1.82, 2.24) is 24.6 Å². The molecule has 0 fully saturated rings. The van der Waals surface area contributed by atoms with Crippen LogP contribution in [0.25, 0.3) is 17.0 Å². The minimum atomic E-state index is -0.647. The molecule has 8 nitrogen and oxygen atoms in total. The predicted octanol–water partition coefficient (Wildman–Crippen LogP) is 2.17. The second-order valence-corrected chi connectivity index (χ2v) is 5.37. The molecule has 0 atom stereocenters. The maximum atomic E-state index is 13.9. The topological polar surface area (TPSA) is 111 Å². The molecule has 0 saturated carbocycles. The van der Waals surface area contributed by atoms with Gasteiger partial charge in [-0.15, -0.1) is 5.10 Å². The third-order valence-electron chi connectivity index (χ3n) is 3.65. The van der Waals surface area contributed by atoms with Gasteiger partial charge < -0.3 is 11.1 Å². The number of nitrogens with two attached hydrogens (primary N) is 1. The minimum absolute atomic E-state index is 0.105. The van der Waals surface area contributed by atoms with Gasteiger partial charge in [0.2, 0.25) is 5.82 Å². The number of primary amides is 1. The molecule has 4 heterocycles. The Kier molecular flexibility index (Phi) is 3.73. The average Bonchev–Trinajstić information content (AvgIpc) is 3.12. The molecule has 0 aliphatic carbocycles. The maximum Gasteiger partial charge on any atom is 0.267 e. The molecule has 4 rings (SSSR count). The van der Waals surface area contributed by atoms with Gasteiger partial charge in [-0.25, -0.2) is 18.9 Å². The molecule has 1 amide bonds. The third kappa shape index (κ3) is 2.81. The number of pyridine rings is 2. The fraction of sp³-hybridized carbons (Fsp3) is 0. The number of nitrogens with one attached hydrogen (secondary N) is 1. The Hall–Kier alpha value is -3.88. The molecule has 0 aliphatic rings. The lowest BCUT2D eigenvalue weighted by atomic mass is 10.3. The first-order valence-electron chi connectivity index (χ1n) is 7.61. The predicted molar refractivity (Wildman–Crippen MR) is 92.2 cm³/mol. The third-order valence-corrected chi connectivity index (χ3v) is 3.65. The number of amides is 1. The Bertz CT molecular complexity index is 1130. The van der Waals surface area contributed by atoms with Gasteiger partial charge in [0.15, 0.2) is 11.6 Å². The Balaban J connectivity index is 1.84. The van der Waals surface area contributed by atoms with Crippen LogP contribution in [-0.4, -0.2) is 30.5 Å². The molecule has 0 aromatic carbocycles. The van der Waals surface area contributed by atoms with E-state index in [4.69, 9.17) is 5.73 Å². The van der Waals surface area contributed by atoms with Crippen molar-refractivity contribution in [2.75, 3.05) is 5.32 Å². The summed E-state index contributed by atoms with van der Waals surface area (Å²) in [6.07, 6.45) is 4.31. The summed E-state index contributed by atoms with van der Waals surface area (Å²) in [5, 5.41) is 7.32. The molecule has 128 valence electrons. The number of anilines is 2. The van der Waals surface area contributed by atoms with Gasteiger partial charge >= 0.3 is 0 Å². The van der Waals surface area contributed by atoms with E-state index in [0.717, 1.165) is 6.20 Å². The fourth-order valence-electron chi connectivity index (χ4n) is 2.44. The van der Waals surface area contributed by atoms with Crippen molar-refractivity contribution in [3.8, 4) is 11.5 Å². The summed E-state index contributed by atoms with van der Waals surface area (Å²) in [6.45, 7) is 0. The molecule has 9 heteroatoms. The molecule has 3 N–H and O–H groups in total. The highest BCUT2D eigenvalue weighted by atomic mass is 19.1. The van der Waals surface area contributed by atoms with Crippen LogP contribution in [0.3, 0.4) is 0 Å². The van der Waals surface area contributed by atoms with Crippen LogP contribution in [0, 0.1) is 5.82 Å². The highest BCUT2D eigenvalue weighted by Crippen LogP contribution is 2.24. The molecule has 26 heavy (non-hydrogen) atoms. The summed E-state index contributed by atoms with van der Waals surface area (Å²) in [4.78, 5) is 23.7. The summed E-state index contributed by atoms with van der Waals surface area (Å²) >= 11 is 0. The van der Waals surface area contributed by atoms with Crippen molar-refractivity contribution in [2.45, 2.75) is 0 Å². The molecule has 0 spiro atoms. The van der Waals surface area contributed by atoms with E-state index in [2.05, 4.69) is 25.4 Å². The number of halogens is 1. The van der Waals surface area contributed by atoms with E-state index in [1.165, 1.54) is 18.3 Å². The van der Waals surface area contributed by atoms with E-state index < -0.39 is 11.7 Å². The lowest BCUT2D eigenvalue weighted by Gasteiger charge is -2.10. The zero-order valence-corrected chi connectivity index (χ0v) is 13.3. The number of carbonyl (C=O) groups excluding carboxylic acids is 1. The smallest absolute Gasteiger partial charge is 0.267 e. The Labute approximate surface area is 146 Å². The summed E-state index contributed by atoms with van der Waals surface area (Å²) in [5.74, 6) is -0.512. The van der Waals surface area contributed by atoms with Gasteiger partial charge in [-0.05, 0) is 30.3 Å². The molecular formula is C17H12FN7O.